The number of ether oxygens (including phenoxy) is 1. The van der Waals surface area contributed by atoms with Crippen LogP contribution in [0.4, 0.5) is 8.78 Å². The van der Waals surface area contributed by atoms with E-state index in [0.29, 0.717) is 30.9 Å². The monoisotopic (exact) mass is 470 g/mol. The maximum atomic E-state index is 15.1. The van der Waals surface area contributed by atoms with Crippen molar-refractivity contribution in [2.24, 2.45) is 11.8 Å². The Hall–Kier alpha value is -3.29. The van der Waals surface area contributed by atoms with Crippen LogP contribution in [0.15, 0.2) is 30.5 Å². The van der Waals surface area contributed by atoms with Gasteiger partial charge < -0.3 is 9.72 Å². The van der Waals surface area contributed by atoms with Crippen LogP contribution < -0.4 is 4.74 Å². The van der Waals surface area contributed by atoms with Gasteiger partial charge >= 0.3 is 0 Å². The molecule has 1 N–H and O–H groups in total. The molecule has 33 heavy (non-hydrogen) atoms. The predicted molar refractivity (Wildman–Crippen MR) is 119 cm³/mol. The Kier molecular flexibility index (Phi) is 4.99. The van der Waals surface area contributed by atoms with Gasteiger partial charge in [0.2, 0.25) is 10.0 Å². The van der Waals surface area contributed by atoms with Gasteiger partial charge in [0.15, 0.2) is 0 Å². The molecule has 1 aliphatic heterocycles. The maximum absolute atomic E-state index is 15.1. The average Bonchev–Trinajstić information content (AvgIpc) is 3.44. The van der Waals surface area contributed by atoms with E-state index in [2.05, 4.69) is 16.0 Å². The Morgan fingerprint density at radius 3 is 2.76 bits per heavy atom. The smallest absolute Gasteiger partial charge is 0.211 e. The number of pyridine rings is 1. The molecule has 2 atom stereocenters. The van der Waals surface area contributed by atoms with Crippen molar-refractivity contribution >= 4 is 26.6 Å². The second-order valence-corrected chi connectivity index (χ2v) is 10.4. The number of aromatic amines is 1. The zero-order chi connectivity index (χ0) is 23.5. The quantitative estimate of drug-likeness (QED) is 0.627. The number of nitriles is 1. The number of H-pyrrole nitrogens is 1. The highest BCUT2D eigenvalue weighted by molar-refractivity contribution is 7.88. The zero-order valence-corrected chi connectivity index (χ0v) is 18.7. The van der Waals surface area contributed by atoms with E-state index in [9.17, 15) is 18.1 Å². The molecule has 5 rings (SSSR count). The van der Waals surface area contributed by atoms with Gasteiger partial charge in [-0.1, -0.05) is 6.08 Å². The fourth-order valence-electron chi connectivity index (χ4n) is 4.95. The lowest BCUT2D eigenvalue weighted by atomic mass is 9.96. The van der Waals surface area contributed by atoms with Gasteiger partial charge in [0.05, 0.1) is 30.8 Å². The van der Waals surface area contributed by atoms with E-state index in [-0.39, 0.29) is 39.7 Å². The van der Waals surface area contributed by atoms with E-state index in [4.69, 9.17) is 4.74 Å². The average molecular weight is 471 g/mol. The fraction of sp³-hybridized carbons (Fsp3) is 0.304. The predicted octanol–water partition coefficient (Wildman–Crippen LogP) is 3.68. The summed E-state index contributed by atoms with van der Waals surface area (Å²) in [6.07, 6.45) is 4.80. The fourth-order valence-corrected chi connectivity index (χ4v) is 5.85. The first kappa shape index (κ1) is 21.6. The first-order valence-corrected chi connectivity index (χ1v) is 12.2. The molecule has 0 saturated carbocycles. The molecule has 3 heterocycles. The number of benzene rings is 1. The first-order chi connectivity index (χ1) is 15.7. The first-order valence-electron chi connectivity index (χ1n) is 10.3. The van der Waals surface area contributed by atoms with Crippen LogP contribution in [0.5, 0.6) is 5.75 Å². The standard InChI is InChI=1S/C23H20F2N4O3S/c1-32-19-4-3-15(24)7-16(19)20-18(25)9-27-23-21(20)17(8-26)22(28-23)12-5-13-10-29(33(2,30)31)11-14(13)6-12/h3-5,7,9,13-14H,6,10-11H2,1-2H3,(H,27,28). The SMILES string of the molecule is COc1ccc(F)cc1-c1c(F)cnc2[nH]c(C3=CC4CN(S(C)(=O)=O)CC4C3)c(C#N)c12. The third-order valence-electron chi connectivity index (χ3n) is 6.46. The van der Waals surface area contributed by atoms with E-state index in [1.165, 1.54) is 35.9 Å². The van der Waals surface area contributed by atoms with E-state index < -0.39 is 21.7 Å². The van der Waals surface area contributed by atoms with Crippen molar-refractivity contribution < 1.29 is 21.9 Å². The van der Waals surface area contributed by atoms with Crippen molar-refractivity contribution in [2.45, 2.75) is 6.42 Å². The van der Waals surface area contributed by atoms with E-state index >= 15 is 4.39 Å². The van der Waals surface area contributed by atoms with Gasteiger partial charge in [-0.25, -0.2) is 26.5 Å². The summed E-state index contributed by atoms with van der Waals surface area (Å²) in [5.41, 5.74) is 2.14. The number of sulfonamides is 1. The molecule has 2 aliphatic rings. The van der Waals surface area contributed by atoms with E-state index in [1.807, 2.05) is 6.08 Å². The molecule has 7 nitrogen and oxygen atoms in total. The van der Waals surface area contributed by atoms with Crippen LogP contribution >= 0.6 is 0 Å². The lowest BCUT2D eigenvalue weighted by Crippen LogP contribution is -2.28. The van der Waals surface area contributed by atoms with E-state index in [0.717, 1.165) is 11.8 Å². The summed E-state index contributed by atoms with van der Waals surface area (Å²) < 4.78 is 59.7. The normalized spacial score (nSPS) is 20.6. The molecule has 1 saturated heterocycles. The number of aromatic nitrogens is 2. The van der Waals surface area contributed by atoms with Crippen molar-refractivity contribution in [3.63, 3.8) is 0 Å². The minimum atomic E-state index is -3.26. The topological polar surface area (TPSA) is 99.1 Å². The Morgan fingerprint density at radius 2 is 2.09 bits per heavy atom. The van der Waals surface area contributed by atoms with Gasteiger partial charge in [0.1, 0.15) is 29.1 Å². The number of hydrogen-bond acceptors (Lipinski definition) is 5. The number of nitrogens with one attached hydrogen (secondary N) is 1. The lowest BCUT2D eigenvalue weighted by Gasteiger charge is -2.13. The number of allylic oxidation sites excluding steroid dienone is 1. The van der Waals surface area contributed by atoms with Crippen molar-refractivity contribution in [1.82, 2.24) is 14.3 Å². The summed E-state index contributed by atoms with van der Waals surface area (Å²) in [5.74, 6) is -0.842. The number of nitrogens with zero attached hydrogens (tertiary/aromatic N) is 3. The molecule has 1 fully saturated rings. The summed E-state index contributed by atoms with van der Waals surface area (Å²) in [4.78, 5) is 7.27. The van der Waals surface area contributed by atoms with Gasteiger partial charge in [0.25, 0.3) is 0 Å². The van der Waals surface area contributed by atoms with Gasteiger partial charge in [0, 0.05) is 29.6 Å². The third-order valence-corrected chi connectivity index (χ3v) is 7.70. The van der Waals surface area contributed by atoms with Gasteiger partial charge in [-0.15, -0.1) is 0 Å². The summed E-state index contributed by atoms with van der Waals surface area (Å²) in [7, 11) is -1.86. The van der Waals surface area contributed by atoms with Crippen molar-refractivity contribution in [3.8, 4) is 22.9 Å². The molecule has 1 aromatic carbocycles. The van der Waals surface area contributed by atoms with Crippen LogP contribution in [0.25, 0.3) is 27.7 Å². The molecule has 0 bridgehead atoms. The van der Waals surface area contributed by atoms with Crippen molar-refractivity contribution in [1.29, 1.82) is 5.26 Å². The summed E-state index contributed by atoms with van der Waals surface area (Å²) >= 11 is 0. The highest BCUT2D eigenvalue weighted by atomic mass is 32.2. The molecule has 2 unspecified atom stereocenters. The Balaban J connectivity index is 1.66. The van der Waals surface area contributed by atoms with Crippen molar-refractivity contribution in [2.75, 3.05) is 26.5 Å². The second-order valence-electron chi connectivity index (χ2n) is 8.44. The number of hydrogen-bond donors (Lipinski definition) is 1. The zero-order valence-electron chi connectivity index (χ0n) is 17.9. The molecule has 0 amide bonds. The van der Waals surface area contributed by atoms with Crippen LogP contribution in [0, 0.1) is 34.8 Å². The number of methoxy groups -OCH3 is 1. The molecule has 3 aromatic rings. The summed E-state index contributed by atoms with van der Waals surface area (Å²) in [6, 6.07) is 5.96. The van der Waals surface area contributed by atoms with Crippen LogP contribution in [0.2, 0.25) is 0 Å². The van der Waals surface area contributed by atoms with Gasteiger partial charge in [-0.2, -0.15) is 5.26 Å². The highest BCUT2D eigenvalue weighted by Crippen LogP contribution is 2.45. The van der Waals surface area contributed by atoms with Crippen LogP contribution in [-0.2, 0) is 10.0 Å². The number of halogens is 2. The highest BCUT2D eigenvalue weighted by Gasteiger charge is 2.40. The van der Waals surface area contributed by atoms with Gasteiger partial charge in [-0.3, -0.25) is 0 Å². The maximum Gasteiger partial charge on any atom is 0.211 e. The number of rotatable bonds is 4. The lowest BCUT2D eigenvalue weighted by molar-refractivity contribution is 0.415. The van der Waals surface area contributed by atoms with E-state index in [1.54, 1.807) is 0 Å². The minimum absolute atomic E-state index is 0.0393. The minimum Gasteiger partial charge on any atom is -0.496 e. The van der Waals surface area contributed by atoms with Crippen molar-refractivity contribution in [3.05, 3.63) is 53.4 Å². The molecule has 0 radical (unpaired) electrons. The molecule has 170 valence electrons. The molecule has 10 heteroatoms. The third kappa shape index (κ3) is 3.48. The van der Waals surface area contributed by atoms with Crippen LogP contribution in [0.3, 0.4) is 0 Å². The molecular formula is C23H20F2N4O3S. The van der Waals surface area contributed by atoms with Crippen LogP contribution in [0.1, 0.15) is 17.7 Å². The molecule has 0 spiro atoms. The Morgan fingerprint density at radius 1 is 1.30 bits per heavy atom. The molecule has 2 aromatic heterocycles. The largest absolute Gasteiger partial charge is 0.496 e. The number of fused-ring (bicyclic) bond motifs is 2. The Bertz CT molecular complexity index is 1470. The van der Waals surface area contributed by atoms with Gasteiger partial charge in [-0.05, 0) is 42.0 Å². The summed E-state index contributed by atoms with van der Waals surface area (Å²) in [6.45, 7) is 0.817. The molecule has 1 aliphatic carbocycles. The summed E-state index contributed by atoms with van der Waals surface area (Å²) in [5, 5.41) is 10.3. The molecular weight excluding hydrogens is 450 g/mol. The Labute approximate surface area is 189 Å². The van der Waals surface area contributed by atoms with Crippen LogP contribution in [-0.4, -0.2) is 49.1 Å². The second kappa shape index (κ2) is 7.64.